The van der Waals surface area contributed by atoms with Crippen molar-refractivity contribution in [2.75, 3.05) is 6.61 Å². The molecule has 1 heterocycles. The molecule has 15 nitrogen and oxygen atoms in total. The zero-order chi connectivity index (χ0) is 42.4. The van der Waals surface area contributed by atoms with Crippen molar-refractivity contribution in [3.8, 4) is 0 Å². The number of aliphatic hydroxyl groups is 2. The molecular weight excluding hydrogens is 720 g/mol. The van der Waals surface area contributed by atoms with E-state index in [-0.39, 0.29) is 31.1 Å². The summed E-state index contributed by atoms with van der Waals surface area (Å²) in [5.74, 6) is -5.53. The number of nitrogens with one attached hydrogen (secondary N) is 5. The molecule has 5 amide bonds. The largest absolute Gasteiger partial charge is 0.459 e. The molecule has 0 radical (unpaired) electrons. The van der Waals surface area contributed by atoms with Gasteiger partial charge in [0.15, 0.2) is 0 Å². The molecule has 15 heteroatoms. The minimum atomic E-state index is -1.58. The predicted molar refractivity (Wildman–Crippen MR) is 216 cm³/mol. The molecule has 1 fully saturated rings. The topological polar surface area (TPSA) is 238 Å². The fourth-order valence-electron chi connectivity index (χ4n) is 6.40. The lowest BCUT2D eigenvalue weighted by Crippen LogP contribution is -2.62. The van der Waals surface area contributed by atoms with Crippen LogP contribution in [0.5, 0.6) is 0 Å². The molecule has 1 rings (SSSR count). The number of unbranched alkanes of at least 4 members (excludes halogenated alkanes) is 7. The van der Waals surface area contributed by atoms with Gasteiger partial charge in [-0.25, -0.2) is 4.79 Å². The quantitative estimate of drug-likeness (QED) is 0.0541. The molecule has 0 aromatic rings. The Kier molecular flexibility index (Phi) is 24.5. The smallest absolute Gasteiger partial charge is 0.329 e. The van der Waals surface area contributed by atoms with Crippen molar-refractivity contribution < 1.29 is 43.7 Å². The number of esters is 1. The average molecular weight is 795 g/mol. The summed E-state index contributed by atoms with van der Waals surface area (Å²) >= 11 is 0. The summed E-state index contributed by atoms with van der Waals surface area (Å²) in [6, 6.07) is -8.07. The Bertz CT molecular complexity index is 1260. The maximum atomic E-state index is 14.0. The lowest BCUT2D eigenvalue weighted by Gasteiger charge is -2.30. The summed E-state index contributed by atoms with van der Waals surface area (Å²) in [6.07, 6.45) is 11.8. The van der Waals surface area contributed by atoms with Gasteiger partial charge in [0.2, 0.25) is 29.5 Å². The number of amides is 5. The van der Waals surface area contributed by atoms with Gasteiger partial charge >= 0.3 is 5.97 Å². The van der Waals surface area contributed by atoms with Crippen LogP contribution in [0.15, 0.2) is 12.2 Å². The number of cyclic esters (lactones) is 1. The van der Waals surface area contributed by atoms with Gasteiger partial charge in [-0.3, -0.25) is 24.0 Å². The Morgan fingerprint density at radius 1 is 0.643 bits per heavy atom. The highest BCUT2D eigenvalue weighted by molar-refractivity contribution is 5.97. The molecule has 0 bridgehead atoms. The van der Waals surface area contributed by atoms with E-state index < -0.39 is 96.5 Å². The zero-order valence-corrected chi connectivity index (χ0v) is 35.2. The zero-order valence-electron chi connectivity index (χ0n) is 35.2. The van der Waals surface area contributed by atoms with Crippen LogP contribution in [0.4, 0.5) is 0 Å². The molecule has 1 aliphatic heterocycles. The second-order valence-electron chi connectivity index (χ2n) is 16.2. The Balaban J connectivity index is 3.56. The maximum absolute atomic E-state index is 14.0. The third-order valence-electron chi connectivity index (χ3n) is 10.0. The number of carbonyl (C=O) groups is 6. The molecule has 9 N–H and O–H groups in total. The first kappa shape index (κ1) is 50.5. The number of ether oxygens (including phenoxy) is 1. The number of hydrogen-bond acceptors (Lipinski definition) is 10. The second kappa shape index (κ2) is 27.1. The molecular formula is C41H74N6O9. The summed E-state index contributed by atoms with van der Waals surface area (Å²) in [7, 11) is 0. The highest BCUT2D eigenvalue weighted by Crippen LogP contribution is 2.18. The van der Waals surface area contributed by atoms with Gasteiger partial charge in [0.05, 0.1) is 12.7 Å². The van der Waals surface area contributed by atoms with E-state index in [4.69, 9.17) is 10.5 Å². The third kappa shape index (κ3) is 18.6. The maximum Gasteiger partial charge on any atom is 0.329 e. The molecule has 56 heavy (non-hydrogen) atoms. The van der Waals surface area contributed by atoms with Crippen molar-refractivity contribution >= 4 is 35.5 Å². The van der Waals surface area contributed by atoms with Crippen LogP contribution in [-0.2, 0) is 33.5 Å². The summed E-state index contributed by atoms with van der Waals surface area (Å²) < 4.78 is 5.99. The van der Waals surface area contributed by atoms with Gasteiger partial charge < -0.3 is 47.3 Å². The Labute approximate surface area is 334 Å². The Morgan fingerprint density at radius 2 is 1.12 bits per heavy atom. The van der Waals surface area contributed by atoms with E-state index >= 15 is 0 Å². The van der Waals surface area contributed by atoms with Crippen LogP contribution in [0.25, 0.3) is 0 Å². The molecule has 0 aromatic carbocycles. The highest BCUT2D eigenvalue weighted by atomic mass is 16.5. The van der Waals surface area contributed by atoms with Crippen LogP contribution >= 0.6 is 0 Å². The molecule has 1 saturated heterocycles. The fraction of sp³-hybridized carbons (Fsp3) is 0.805. The molecule has 0 saturated carbocycles. The van der Waals surface area contributed by atoms with Crippen molar-refractivity contribution in [3.63, 3.8) is 0 Å². The first-order valence-electron chi connectivity index (χ1n) is 20.9. The SMILES string of the molecule is CCCCCC/C=C\CCCCCC1OC(=O)C([C@@H](C)CC)NC(=O)[C@H](CC(C)C)NC(=O)[C@H]([C@@H](C)O)NC(=O)[C@H](CO)NC(=O)[C@H](CC(C)C)NC(=O)[C@H]1N. The molecule has 9 atom stereocenters. The lowest BCUT2D eigenvalue weighted by atomic mass is 9.96. The minimum Gasteiger partial charge on any atom is -0.459 e. The van der Waals surface area contributed by atoms with Crippen LogP contribution < -0.4 is 32.3 Å². The first-order valence-corrected chi connectivity index (χ1v) is 20.9. The normalized spacial score (nSPS) is 26.3. The van der Waals surface area contributed by atoms with E-state index in [1.54, 1.807) is 6.92 Å². The van der Waals surface area contributed by atoms with Crippen molar-refractivity contribution in [1.82, 2.24) is 26.6 Å². The van der Waals surface area contributed by atoms with Crippen molar-refractivity contribution in [2.45, 2.75) is 187 Å². The van der Waals surface area contributed by atoms with Crippen molar-refractivity contribution in [1.29, 1.82) is 0 Å². The number of carbonyl (C=O) groups excluding carboxylic acids is 6. The van der Waals surface area contributed by atoms with Gasteiger partial charge in [-0.2, -0.15) is 0 Å². The van der Waals surface area contributed by atoms with Crippen LogP contribution in [0, 0.1) is 17.8 Å². The molecule has 0 aliphatic carbocycles. The standard InChI is InChI=1S/C41H74N6O9/c1-9-11-12-13-14-15-16-17-18-19-20-21-32-33(42)39(53)43-29(22-25(3)4)36(50)45-31(24-48)38(52)47-35(28(8)49)40(54)44-30(23-26(5)6)37(51)46-34(27(7)10-2)41(55)56-32/h15-16,25-35,48-49H,9-14,17-24,42H2,1-8H3,(H,43,53)(H,44,54)(H,45,50)(H,46,51)(H,47,52)/b16-15-/t27-,28+,29-,30-,31-,32?,33-,34?,35-/m0/s1. The van der Waals surface area contributed by atoms with Gasteiger partial charge in [0.25, 0.3) is 0 Å². The molecule has 0 aromatic heterocycles. The van der Waals surface area contributed by atoms with Crippen molar-refractivity contribution in [2.24, 2.45) is 23.5 Å². The van der Waals surface area contributed by atoms with Crippen LogP contribution in [0.2, 0.25) is 0 Å². The van der Waals surface area contributed by atoms with Crippen LogP contribution in [0.1, 0.15) is 139 Å². The van der Waals surface area contributed by atoms with Gasteiger partial charge in [0.1, 0.15) is 42.4 Å². The monoisotopic (exact) mass is 795 g/mol. The van der Waals surface area contributed by atoms with Gasteiger partial charge in [-0.15, -0.1) is 0 Å². The molecule has 0 spiro atoms. The second-order valence-corrected chi connectivity index (χ2v) is 16.2. The van der Waals surface area contributed by atoms with Crippen molar-refractivity contribution in [3.05, 3.63) is 12.2 Å². The fourth-order valence-corrected chi connectivity index (χ4v) is 6.40. The van der Waals surface area contributed by atoms with Gasteiger partial charge in [0, 0.05) is 0 Å². The number of aliphatic hydroxyl groups excluding tert-OH is 2. The Hall–Kier alpha value is -3.56. The van der Waals surface area contributed by atoms with E-state index in [0.29, 0.717) is 12.8 Å². The van der Waals surface area contributed by atoms with E-state index in [1.165, 1.54) is 32.6 Å². The summed E-state index contributed by atoms with van der Waals surface area (Å²) in [4.78, 5) is 82.0. The Morgan fingerprint density at radius 3 is 1.62 bits per heavy atom. The highest BCUT2D eigenvalue weighted by Gasteiger charge is 2.38. The van der Waals surface area contributed by atoms with Gasteiger partial charge in [-0.05, 0) is 76.0 Å². The number of allylic oxidation sites excluding steroid dienone is 2. The number of hydrogen-bond donors (Lipinski definition) is 8. The summed E-state index contributed by atoms with van der Waals surface area (Å²) in [6.45, 7) is 13.5. The average Bonchev–Trinajstić information content (AvgIpc) is 3.13. The first-order chi connectivity index (χ1) is 26.5. The van der Waals surface area contributed by atoms with Crippen LogP contribution in [-0.4, -0.2) is 101 Å². The van der Waals surface area contributed by atoms with E-state index in [0.717, 1.165) is 25.7 Å². The summed E-state index contributed by atoms with van der Waals surface area (Å²) in [5, 5.41) is 33.4. The summed E-state index contributed by atoms with van der Waals surface area (Å²) in [5.41, 5.74) is 6.52. The molecule has 1 aliphatic rings. The van der Waals surface area contributed by atoms with E-state index in [1.807, 2.05) is 34.6 Å². The number of rotatable bonds is 19. The molecule has 2 unspecified atom stereocenters. The van der Waals surface area contributed by atoms with Gasteiger partial charge in [-0.1, -0.05) is 92.7 Å². The minimum absolute atomic E-state index is 0.101. The predicted octanol–water partition coefficient (Wildman–Crippen LogP) is 2.65. The third-order valence-corrected chi connectivity index (χ3v) is 10.0. The van der Waals surface area contributed by atoms with E-state index in [2.05, 4.69) is 45.7 Å². The van der Waals surface area contributed by atoms with Crippen LogP contribution in [0.3, 0.4) is 0 Å². The number of nitrogens with two attached hydrogens (primary N) is 1. The van der Waals surface area contributed by atoms with E-state index in [9.17, 15) is 39.0 Å². The molecule has 322 valence electrons. The lowest BCUT2D eigenvalue weighted by molar-refractivity contribution is -0.157.